The molecule has 254 valence electrons. The van der Waals surface area contributed by atoms with Crippen molar-refractivity contribution in [3.63, 3.8) is 0 Å². The lowest BCUT2D eigenvalue weighted by molar-refractivity contribution is -0.129. The minimum Gasteiger partial charge on any atom is -0.457 e. The van der Waals surface area contributed by atoms with Gasteiger partial charge in [0.15, 0.2) is 0 Å². The van der Waals surface area contributed by atoms with Gasteiger partial charge in [-0.05, 0) is 99.2 Å². The van der Waals surface area contributed by atoms with Crippen LogP contribution in [0.3, 0.4) is 0 Å². The molecule has 2 N–H and O–H groups in total. The summed E-state index contributed by atoms with van der Waals surface area (Å²) in [6.45, 7) is 15.5. The Morgan fingerprint density at radius 3 is 2.53 bits per heavy atom. The van der Waals surface area contributed by atoms with E-state index < -0.39 is 0 Å². The summed E-state index contributed by atoms with van der Waals surface area (Å²) in [7, 11) is 1.79. The number of amides is 1. The van der Waals surface area contributed by atoms with Gasteiger partial charge in [-0.15, -0.1) is 0 Å². The van der Waals surface area contributed by atoms with Crippen molar-refractivity contribution in [1.29, 1.82) is 0 Å². The molecular formula is C40H46N6O3. The number of aliphatic imine (C=N–C) groups is 1. The normalized spacial score (nSPS) is 16.9. The molecule has 0 aromatic carbocycles. The van der Waals surface area contributed by atoms with Crippen LogP contribution in [0.4, 0.5) is 0 Å². The van der Waals surface area contributed by atoms with Crippen molar-refractivity contribution in [1.82, 2.24) is 24.8 Å². The standard InChI is InChI=1S/C40H46N6O3/c1-9-26-22(4)30-18-32-24(6)28(14-15-36(47)46(8)17-13-12-16-41-11-3)38(44-32)29-21-49-40(48)37-25(7)33(45-39(29)37)20-35-27(10-2)23(5)31(43-35)19-34(26)42-30/h11,18-20,24,28,42,45H,9-10,14-17,21H2,1-8H3/b30-18?,31-19?,32-18?,33-20?,34-19?,35-20?,38-29?,41-11+/t24?,28-/m0/s1. The highest BCUT2D eigenvalue weighted by Crippen LogP contribution is 2.44. The minimum absolute atomic E-state index is 0.0274. The molecule has 9 heteroatoms. The SMILES string of the molecule is C/C=N/CC#CCN(C)C(=O)CC[C@@H]1c2nc(cc3[nH]c(cc4nc(cc5[nH]c6c2COC(=O)c6c5C)C(CC)=C4C)c(CC)c3C)C1C. The number of nitrogens with zero attached hydrogens (tertiary/aromatic N) is 4. The second-order valence-electron chi connectivity index (χ2n) is 13.2. The number of H-pyrrole nitrogens is 2. The molecule has 3 aliphatic rings. The van der Waals surface area contributed by atoms with Gasteiger partial charge in [0.1, 0.15) is 6.61 Å². The van der Waals surface area contributed by atoms with Gasteiger partial charge in [0, 0.05) is 53.1 Å². The Morgan fingerprint density at radius 1 is 1.04 bits per heavy atom. The quantitative estimate of drug-likeness (QED) is 0.153. The van der Waals surface area contributed by atoms with Crippen LogP contribution in [0.15, 0.2) is 23.2 Å². The highest BCUT2D eigenvalue weighted by atomic mass is 16.5. The molecule has 9 nitrogen and oxygen atoms in total. The molecule has 0 spiro atoms. The number of esters is 1. The first-order chi connectivity index (χ1) is 23.6. The van der Waals surface area contributed by atoms with E-state index in [-0.39, 0.29) is 30.3 Å². The average molecular weight is 659 g/mol. The highest BCUT2D eigenvalue weighted by molar-refractivity contribution is 6.04. The van der Waals surface area contributed by atoms with Gasteiger partial charge < -0.3 is 19.6 Å². The van der Waals surface area contributed by atoms with Crippen LogP contribution in [-0.4, -0.2) is 63.1 Å². The zero-order valence-corrected chi connectivity index (χ0v) is 29.9. The van der Waals surface area contributed by atoms with Gasteiger partial charge in [-0.2, -0.15) is 0 Å². The maximum atomic E-state index is 13.3. The molecule has 3 aliphatic heterocycles. The third kappa shape index (κ3) is 6.21. The van der Waals surface area contributed by atoms with Crippen LogP contribution in [0.25, 0.3) is 33.2 Å². The summed E-state index contributed by atoms with van der Waals surface area (Å²) in [4.78, 5) is 50.1. The van der Waals surface area contributed by atoms with Crippen molar-refractivity contribution < 1.29 is 14.3 Å². The summed E-state index contributed by atoms with van der Waals surface area (Å²) in [5.74, 6) is 5.68. The second-order valence-corrected chi connectivity index (χ2v) is 13.2. The summed E-state index contributed by atoms with van der Waals surface area (Å²) in [6.07, 6.45) is 4.39. The summed E-state index contributed by atoms with van der Waals surface area (Å²) in [5, 5.41) is 0. The zero-order chi connectivity index (χ0) is 35.0. The average Bonchev–Trinajstić information content (AvgIpc) is 3.77. The number of hydrogen-bond acceptors (Lipinski definition) is 6. The molecule has 6 rings (SSSR count). The van der Waals surface area contributed by atoms with Crippen LogP contribution >= 0.6 is 0 Å². The number of aromatic nitrogens is 4. The van der Waals surface area contributed by atoms with E-state index in [0.29, 0.717) is 31.5 Å². The Kier molecular flexibility index (Phi) is 9.60. The Morgan fingerprint density at radius 2 is 1.80 bits per heavy atom. The number of carbonyl (C=O) groups is 2. The number of aromatic amines is 2. The van der Waals surface area contributed by atoms with Gasteiger partial charge in [-0.1, -0.05) is 32.6 Å². The number of rotatable bonds is 7. The van der Waals surface area contributed by atoms with Crippen LogP contribution in [0, 0.1) is 25.7 Å². The minimum atomic E-state index is -0.343. The highest BCUT2D eigenvalue weighted by Gasteiger charge is 2.35. The molecule has 0 fully saturated rings. The van der Waals surface area contributed by atoms with E-state index in [0.717, 1.165) is 74.4 Å². The maximum Gasteiger partial charge on any atom is 0.340 e. The molecule has 0 radical (unpaired) electrons. The lowest BCUT2D eigenvalue weighted by atomic mass is 9.85. The first-order valence-electron chi connectivity index (χ1n) is 17.3. The van der Waals surface area contributed by atoms with Crippen LogP contribution in [0.2, 0.25) is 0 Å². The Labute approximate surface area is 288 Å². The van der Waals surface area contributed by atoms with E-state index in [9.17, 15) is 9.59 Å². The largest absolute Gasteiger partial charge is 0.457 e. The Balaban J connectivity index is 1.55. The fourth-order valence-electron chi connectivity index (χ4n) is 7.41. The van der Waals surface area contributed by atoms with Crippen LogP contribution < -0.4 is 0 Å². The first kappa shape index (κ1) is 33.9. The summed E-state index contributed by atoms with van der Waals surface area (Å²) in [6, 6.07) is 6.39. The van der Waals surface area contributed by atoms with E-state index >= 15 is 0 Å². The van der Waals surface area contributed by atoms with Crippen molar-refractivity contribution in [2.24, 2.45) is 4.99 Å². The van der Waals surface area contributed by atoms with E-state index in [2.05, 4.69) is 79.6 Å². The number of ether oxygens (including phenoxy) is 1. The van der Waals surface area contributed by atoms with Crippen LogP contribution in [-0.2, 0) is 22.6 Å². The maximum absolute atomic E-state index is 13.3. The van der Waals surface area contributed by atoms with Crippen LogP contribution in [0.1, 0.15) is 121 Å². The number of hydrogen-bond donors (Lipinski definition) is 2. The molecule has 1 unspecified atom stereocenters. The molecule has 2 atom stereocenters. The van der Waals surface area contributed by atoms with Crippen molar-refractivity contribution in [3.8, 4) is 11.8 Å². The van der Waals surface area contributed by atoms with Crippen molar-refractivity contribution in [2.45, 2.75) is 92.6 Å². The van der Waals surface area contributed by atoms with Crippen LogP contribution in [0.5, 0.6) is 0 Å². The van der Waals surface area contributed by atoms with Gasteiger partial charge in [0.25, 0.3) is 0 Å². The van der Waals surface area contributed by atoms with E-state index in [1.54, 1.807) is 18.2 Å². The molecule has 3 aromatic heterocycles. The third-order valence-electron chi connectivity index (χ3n) is 10.4. The number of carbonyl (C=O) groups excluding carboxylic acids is 2. The topological polar surface area (TPSA) is 116 Å². The van der Waals surface area contributed by atoms with E-state index in [4.69, 9.17) is 14.7 Å². The molecule has 0 saturated carbocycles. The van der Waals surface area contributed by atoms with E-state index in [1.807, 2.05) is 13.8 Å². The van der Waals surface area contributed by atoms with Crippen molar-refractivity contribution >= 4 is 51.3 Å². The molecule has 6 heterocycles. The smallest absolute Gasteiger partial charge is 0.340 e. The summed E-state index contributed by atoms with van der Waals surface area (Å²) >= 11 is 0. The number of allylic oxidation sites excluding steroid dienone is 2. The molecule has 1 amide bonds. The van der Waals surface area contributed by atoms with E-state index in [1.165, 1.54) is 16.7 Å². The van der Waals surface area contributed by atoms with Gasteiger partial charge in [0.2, 0.25) is 5.91 Å². The summed E-state index contributed by atoms with van der Waals surface area (Å²) < 4.78 is 5.82. The third-order valence-corrected chi connectivity index (χ3v) is 10.4. The number of aryl methyl sites for hydroxylation is 3. The van der Waals surface area contributed by atoms with Gasteiger partial charge in [-0.3, -0.25) is 14.8 Å². The first-order valence-corrected chi connectivity index (χ1v) is 17.3. The predicted molar refractivity (Wildman–Crippen MR) is 197 cm³/mol. The summed E-state index contributed by atoms with van der Waals surface area (Å²) in [5.41, 5.74) is 14.3. The molecule has 3 aromatic rings. The van der Waals surface area contributed by atoms with Crippen molar-refractivity contribution in [2.75, 3.05) is 20.1 Å². The lowest BCUT2D eigenvalue weighted by Crippen LogP contribution is -2.27. The number of cyclic esters (lactones) is 1. The zero-order valence-electron chi connectivity index (χ0n) is 29.9. The molecule has 49 heavy (non-hydrogen) atoms. The second kappa shape index (κ2) is 13.9. The van der Waals surface area contributed by atoms with Gasteiger partial charge in [0.05, 0.1) is 41.3 Å². The van der Waals surface area contributed by atoms with Crippen molar-refractivity contribution in [3.05, 3.63) is 68.8 Å². The lowest BCUT2D eigenvalue weighted by Gasteiger charge is -2.21. The fourth-order valence-corrected chi connectivity index (χ4v) is 7.41. The number of fused-ring (bicyclic) bond motifs is 8. The molecule has 0 saturated heterocycles. The molecule has 8 bridgehead atoms. The molecule has 0 aliphatic carbocycles. The monoisotopic (exact) mass is 658 g/mol. The van der Waals surface area contributed by atoms with Gasteiger partial charge >= 0.3 is 5.97 Å². The fraction of sp³-hybridized carbons (Fsp3) is 0.425. The number of nitrogens with one attached hydrogen (secondary N) is 2. The van der Waals surface area contributed by atoms with Gasteiger partial charge in [-0.25, -0.2) is 9.78 Å². The predicted octanol–water partition coefficient (Wildman–Crippen LogP) is 7.73. The Hall–Kier alpha value is -4.97. The molecular weight excluding hydrogens is 612 g/mol. The Bertz CT molecular complexity index is 2140.